The number of nitrogens with two attached hydrogens (primary N) is 1. The molecule has 3 saturated carbocycles. The maximum absolute atomic E-state index is 12.4. The lowest BCUT2D eigenvalue weighted by atomic mass is 9.30. The number of hydrogen-bond donors (Lipinski definition) is 1. The van der Waals surface area contributed by atoms with Crippen LogP contribution in [0.4, 0.5) is 13.2 Å². The van der Waals surface area contributed by atoms with Gasteiger partial charge in [-0.05, 0) is 38.5 Å². The smallest absolute Gasteiger partial charge is 0.325 e. The average Bonchev–Trinajstić information content (AvgIpc) is 1.41. The topological polar surface area (TPSA) is 26.0 Å². The van der Waals surface area contributed by atoms with E-state index in [4.69, 9.17) is 5.73 Å². The van der Waals surface area contributed by atoms with E-state index < -0.39 is 17.1 Å². The third-order valence-corrected chi connectivity index (χ3v) is 4.00. The predicted molar refractivity (Wildman–Crippen MR) is 43.0 cm³/mol. The van der Waals surface area contributed by atoms with Gasteiger partial charge in [-0.2, -0.15) is 13.2 Å². The molecule has 0 aromatic carbocycles. The molecular weight excluding hydrogens is 179 g/mol. The Bertz CT molecular complexity index is 205. The van der Waals surface area contributed by atoms with Crippen LogP contribution in [0.2, 0.25) is 0 Å². The summed E-state index contributed by atoms with van der Waals surface area (Å²) < 4.78 is 37.3. The van der Waals surface area contributed by atoms with Crippen LogP contribution in [0.3, 0.4) is 0 Å². The number of rotatable bonds is 1. The molecule has 1 nitrogen and oxygen atoms in total. The Morgan fingerprint density at radius 1 is 1.00 bits per heavy atom. The molecule has 2 bridgehead atoms. The second-order valence-corrected chi connectivity index (χ2v) is 5.31. The van der Waals surface area contributed by atoms with Crippen molar-refractivity contribution in [1.29, 1.82) is 0 Å². The molecule has 13 heavy (non-hydrogen) atoms. The monoisotopic (exact) mass is 193 g/mol. The van der Waals surface area contributed by atoms with Crippen LogP contribution in [-0.2, 0) is 0 Å². The molecule has 3 aliphatic carbocycles. The zero-order valence-corrected chi connectivity index (χ0v) is 7.83. The first-order valence-electron chi connectivity index (χ1n) is 4.48. The Kier molecular flexibility index (Phi) is 1.36. The summed E-state index contributed by atoms with van der Waals surface area (Å²) in [6.07, 6.45) is -3.28. The van der Waals surface area contributed by atoms with Crippen LogP contribution in [0.1, 0.15) is 33.1 Å². The van der Waals surface area contributed by atoms with Crippen molar-refractivity contribution >= 4 is 0 Å². The van der Waals surface area contributed by atoms with Crippen LogP contribution < -0.4 is 5.73 Å². The van der Waals surface area contributed by atoms with Crippen molar-refractivity contribution in [3.05, 3.63) is 0 Å². The van der Waals surface area contributed by atoms with Gasteiger partial charge in [0.25, 0.3) is 0 Å². The first-order valence-corrected chi connectivity index (χ1v) is 4.48. The zero-order chi connectivity index (χ0) is 10.1. The lowest BCUT2D eigenvalue weighted by Gasteiger charge is -2.75. The van der Waals surface area contributed by atoms with E-state index in [1.54, 1.807) is 0 Å². The molecule has 0 aromatic rings. The number of halogens is 3. The van der Waals surface area contributed by atoms with Gasteiger partial charge < -0.3 is 5.73 Å². The third kappa shape index (κ3) is 0.874. The first kappa shape index (κ1) is 9.31. The molecule has 2 N–H and O–H groups in total. The molecule has 4 heteroatoms. The van der Waals surface area contributed by atoms with Gasteiger partial charge in [-0.1, -0.05) is 0 Å². The summed E-state index contributed by atoms with van der Waals surface area (Å²) in [5.41, 5.74) is 3.81. The zero-order valence-electron chi connectivity index (χ0n) is 7.83. The maximum atomic E-state index is 12.4. The minimum Gasteiger partial charge on any atom is -0.325 e. The Hall–Kier alpha value is -0.250. The van der Waals surface area contributed by atoms with Gasteiger partial charge in [0.2, 0.25) is 0 Å². The molecule has 0 radical (unpaired) electrons. The van der Waals surface area contributed by atoms with E-state index in [9.17, 15) is 13.2 Å². The van der Waals surface area contributed by atoms with Crippen LogP contribution in [0, 0.1) is 10.8 Å². The van der Waals surface area contributed by atoms with E-state index in [0.717, 1.165) is 0 Å². The summed E-state index contributed by atoms with van der Waals surface area (Å²) in [5, 5.41) is 0. The molecule has 3 fully saturated rings. The molecule has 76 valence electrons. The van der Waals surface area contributed by atoms with Gasteiger partial charge >= 0.3 is 6.18 Å². The van der Waals surface area contributed by atoms with Crippen molar-refractivity contribution in [2.75, 3.05) is 0 Å². The van der Waals surface area contributed by atoms with Crippen LogP contribution >= 0.6 is 0 Å². The van der Waals surface area contributed by atoms with Crippen molar-refractivity contribution in [3.63, 3.8) is 0 Å². The van der Waals surface area contributed by atoms with E-state index in [-0.39, 0.29) is 24.7 Å². The van der Waals surface area contributed by atoms with Crippen LogP contribution in [0.5, 0.6) is 0 Å². The fourth-order valence-corrected chi connectivity index (χ4v) is 2.77. The highest BCUT2D eigenvalue weighted by Gasteiger charge is 2.80. The van der Waals surface area contributed by atoms with Crippen LogP contribution in [0.25, 0.3) is 0 Å². The summed E-state index contributed by atoms with van der Waals surface area (Å²) in [6.45, 7) is 3.65. The van der Waals surface area contributed by atoms with Crippen molar-refractivity contribution in [2.45, 2.75) is 44.8 Å². The molecule has 0 heterocycles. The van der Waals surface area contributed by atoms with Gasteiger partial charge in [0.05, 0.1) is 5.41 Å². The second kappa shape index (κ2) is 1.90. The Morgan fingerprint density at radius 2 is 1.38 bits per heavy atom. The van der Waals surface area contributed by atoms with Crippen molar-refractivity contribution in [2.24, 2.45) is 16.6 Å². The van der Waals surface area contributed by atoms with E-state index in [0.29, 0.717) is 0 Å². The molecule has 3 aliphatic rings. The first-order chi connectivity index (χ1) is 5.62. The lowest BCUT2D eigenvalue weighted by Crippen LogP contribution is -2.76. The summed E-state index contributed by atoms with van der Waals surface area (Å²) in [5.74, 6) is 0. The second-order valence-electron chi connectivity index (χ2n) is 5.31. The average molecular weight is 193 g/mol. The molecule has 0 saturated heterocycles. The van der Waals surface area contributed by atoms with Gasteiger partial charge in [0, 0.05) is 5.54 Å². The van der Waals surface area contributed by atoms with E-state index in [1.165, 1.54) is 0 Å². The summed E-state index contributed by atoms with van der Waals surface area (Å²) in [7, 11) is 0. The number of hydrogen-bond acceptors (Lipinski definition) is 1. The normalized spacial score (nSPS) is 43.8. The van der Waals surface area contributed by atoms with Crippen LogP contribution in [0.15, 0.2) is 0 Å². The fraction of sp³-hybridized carbons (Fsp3) is 1.00. The standard InChI is InChI=1S/C9H14F3N/c1-6(2,13)7-3-8(4-7,5-7)9(10,11)12/h3-5,13H2,1-2H3. The summed E-state index contributed by atoms with van der Waals surface area (Å²) in [6, 6.07) is 0. The van der Waals surface area contributed by atoms with Gasteiger partial charge in [0.1, 0.15) is 0 Å². The van der Waals surface area contributed by atoms with E-state index >= 15 is 0 Å². The molecule has 0 atom stereocenters. The molecule has 3 rings (SSSR count). The quantitative estimate of drug-likeness (QED) is 0.680. The molecule has 0 aromatic heterocycles. The van der Waals surface area contributed by atoms with Gasteiger partial charge in [-0.15, -0.1) is 0 Å². The minimum absolute atomic E-state index is 0.220. The highest BCUT2D eigenvalue weighted by atomic mass is 19.4. The van der Waals surface area contributed by atoms with Crippen molar-refractivity contribution < 1.29 is 13.2 Å². The molecular formula is C9H14F3N. The van der Waals surface area contributed by atoms with E-state index in [2.05, 4.69) is 0 Å². The summed E-state index contributed by atoms with van der Waals surface area (Å²) >= 11 is 0. The van der Waals surface area contributed by atoms with Crippen molar-refractivity contribution in [3.8, 4) is 0 Å². The SMILES string of the molecule is CC(C)(N)C12CC(C(F)(F)F)(C1)C2. The van der Waals surface area contributed by atoms with Gasteiger partial charge in [-0.25, -0.2) is 0 Å². The van der Waals surface area contributed by atoms with E-state index in [1.807, 2.05) is 13.8 Å². The Labute approximate surface area is 75.5 Å². The fourth-order valence-electron chi connectivity index (χ4n) is 2.77. The van der Waals surface area contributed by atoms with Crippen molar-refractivity contribution in [1.82, 2.24) is 0 Å². The Balaban J connectivity index is 2.09. The number of alkyl halides is 3. The molecule has 0 spiro atoms. The molecule has 0 amide bonds. The Morgan fingerprint density at radius 3 is 1.62 bits per heavy atom. The summed E-state index contributed by atoms with van der Waals surface area (Å²) in [4.78, 5) is 0. The predicted octanol–water partition coefficient (Wildman–Crippen LogP) is 2.46. The lowest BCUT2D eigenvalue weighted by molar-refractivity contribution is -0.375. The van der Waals surface area contributed by atoms with Gasteiger partial charge in [-0.3, -0.25) is 0 Å². The highest BCUT2D eigenvalue weighted by molar-refractivity contribution is 5.25. The van der Waals surface area contributed by atoms with Crippen LogP contribution in [-0.4, -0.2) is 11.7 Å². The highest BCUT2D eigenvalue weighted by Crippen LogP contribution is 2.80. The van der Waals surface area contributed by atoms with Gasteiger partial charge in [0.15, 0.2) is 0 Å². The molecule has 0 unspecified atom stereocenters. The maximum Gasteiger partial charge on any atom is 0.394 e. The third-order valence-electron chi connectivity index (χ3n) is 4.00. The largest absolute Gasteiger partial charge is 0.394 e. The molecule has 0 aliphatic heterocycles. The minimum atomic E-state index is -4.01.